The van der Waals surface area contributed by atoms with Crippen molar-refractivity contribution in [2.24, 2.45) is 0 Å². The van der Waals surface area contributed by atoms with Crippen LogP contribution >= 0.6 is 0 Å². The van der Waals surface area contributed by atoms with E-state index >= 15 is 0 Å². The van der Waals surface area contributed by atoms with Crippen LogP contribution in [-0.2, 0) is 11.2 Å². The third kappa shape index (κ3) is 2.66. The topological polar surface area (TPSA) is 95.6 Å². The van der Waals surface area contributed by atoms with Crippen molar-refractivity contribution in [3.8, 4) is 0 Å². The fourth-order valence-electron chi connectivity index (χ4n) is 1.65. The minimum Gasteiger partial charge on any atom is -0.394 e. The Kier molecular flexibility index (Phi) is 3.91. The van der Waals surface area contributed by atoms with Crippen molar-refractivity contribution in [3.63, 3.8) is 0 Å². The Balaban J connectivity index is 2.07. The lowest BCUT2D eigenvalue weighted by Gasteiger charge is -2.12. The lowest BCUT2D eigenvalue weighted by molar-refractivity contribution is -0.121. The number of aliphatic hydroxyl groups excluding tert-OH is 2. The van der Waals surface area contributed by atoms with E-state index in [1.165, 1.54) is 0 Å². The molecule has 0 saturated heterocycles. The number of benzene rings is 1. The fourth-order valence-corrected chi connectivity index (χ4v) is 1.65. The number of amides is 1. The number of rotatable bonds is 5. The van der Waals surface area contributed by atoms with Crippen LogP contribution in [0.1, 0.15) is 5.69 Å². The third-order valence-corrected chi connectivity index (χ3v) is 2.59. The summed E-state index contributed by atoms with van der Waals surface area (Å²) in [5.74, 6) is -0.317. The van der Waals surface area contributed by atoms with Crippen LogP contribution in [0.2, 0.25) is 0 Å². The first-order valence-corrected chi connectivity index (χ1v) is 5.59. The number of hydrogen-bond donors (Lipinski definition) is 3. The number of nitrogens with zero attached hydrogens (tertiary/aromatic N) is 1. The van der Waals surface area contributed by atoms with Gasteiger partial charge in [-0.05, 0) is 12.1 Å². The third-order valence-electron chi connectivity index (χ3n) is 2.59. The molecule has 6 heteroatoms. The largest absolute Gasteiger partial charge is 0.394 e. The molecule has 0 atom stereocenters. The molecule has 1 aromatic heterocycles. The number of carbonyl (C=O) groups is 1. The van der Waals surface area contributed by atoms with Crippen LogP contribution in [-0.4, -0.2) is 40.5 Å². The van der Waals surface area contributed by atoms with Crippen LogP contribution in [0.4, 0.5) is 0 Å². The van der Waals surface area contributed by atoms with E-state index in [2.05, 4.69) is 10.5 Å². The maximum atomic E-state index is 11.7. The molecule has 0 aliphatic carbocycles. The summed E-state index contributed by atoms with van der Waals surface area (Å²) in [4.78, 5) is 11.7. The molecule has 2 aromatic rings. The molecular formula is C12H14N2O4. The van der Waals surface area contributed by atoms with Gasteiger partial charge in [-0.1, -0.05) is 17.3 Å². The second-order valence-corrected chi connectivity index (χ2v) is 3.93. The number of para-hydroxylation sites is 1. The Morgan fingerprint density at radius 2 is 2.06 bits per heavy atom. The summed E-state index contributed by atoms with van der Waals surface area (Å²) in [5, 5.41) is 24.8. The fraction of sp³-hybridized carbons (Fsp3) is 0.333. The van der Waals surface area contributed by atoms with Gasteiger partial charge in [-0.3, -0.25) is 4.79 Å². The van der Waals surface area contributed by atoms with E-state index in [0.29, 0.717) is 11.3 Å². The van der Waals surface area contributed by atoms with Gasteiger partial charge >= 0.3 is 0 Å². The zero-order chi connectivity index (χ0) is 13.0. The van der Waals surface area contributed by atoms with Gasteiger partial charge in [0.15, 0.2) is 5.58 Å². The molecule has 0 saturated carbocycles. The summed E-state index contributed by atoms with van der Waals surface area (Å²) in [6, 6.07) is 6.62. The number of aromatic nitrogens is 1. The lowest BCUT2D eigenvalue weighted by Crippen LogP contribution is -2.40. The average molecular weight is 250 g/mol. The lowest BCUT2D eigenvalue weighted by atomic mass is 10.1. The molecule has 0 spiro atoms. The maximum absolute atomic E-state index is 11.7. The first-order chi connectivity index (χ1) is 8.74. The zero-order valence-corrected chi connectivity index (χ0v) is 9.67. The summed E-state index contributed by atoms with van der Waals surface area (Å²) in [6.07, 6.45) is 0.0491. The second kappa shape index (κ2) is 5.61. The monoisotopic (exact) mass is 250 g/mol. The first-order valence-electron chi connectivity index (χ1n) is 5.59. The number of carbonyl (C=O) groups excluding carboxylic acids is 1. The standard InChI is InChI=1S/C12H14N2O4/c15-6-8(7-16)13-12(17)5-10-9-3-1-2-4-11(9)18-14-10/h1-4,8,15-16H,5-7H2,(H,13,17). The van der Waals surface area contributed by atoms with Crippen LogP contribution in [0.15, 0.2) is 28.8 Å². The molecule has 3 N–H and O–H groups in total. The Morgan fingerprint density at radius 3 is 2.78 bits per heavy atom. The highest BCUT2D eigenvalue weighted by molar-refractivity contribution is 5.86. The molecule has 0 aliphatic rings. The average Bonchev–Trinajstić information content (AvgIpc) is 2.79. The summed E-state index contributed by atoms with van der Waals surface area (Å²) >= 11 is 0. The summed E-state index contributed by atoms with van der Waals surface area (Å²) in [7, 11) is 0. The highest BCUT2D eigenvalue weighted by Gasteiger charge is 2.14. The van der Waals surface area contributed by atoms with Gasteiger partial charge in [0.1, 0.15) is 5.69 Å². The highest BCUT2D eigenvalue weighted by atomic mass is 16.5. The second-order valence-electron chi connectivity index (χ2n) is 3.93. The molecule has 0 bridgehead atoms. The molecule has 0 fully saturated rings. The van der Waals surface area contributed by atoms with Crippen molar-refractivity contribution in [2.75, 3.05) is 13.2 Å². The van der Waals surface area contributed by atoms with Crippen molar-refractivity contribution in [3.05, 3.63) is 30.0 Å². The molecule has 6 nitrogen and oxygen atoms in total. The number of aliphatic hydroxyl groups is 2. The van der Waals surface area contributed by atoms with Crippen molar-refractivity contribution in [1.82, 2.24) is 10.5 Å². The Morgan fingerprint density at radius 1 is 1.33 bits per heavy atom. The van der Waals surface area contributed by atoms with E-state index in [1.807, 2.05) is 18.2 Å². The minimum absolute atomic E-state index is 0.0491. The quantitative estimate of drug-likeness (QED) is 0.685. The van der Waals surface area contributed by atoms with Crippen molar-refractivity contribution >= 4 is 16.9 Å². The summed E-state index contributed by atoms with van der Waals surface area (Å²) in [5.41, 5.74) is 1.17. The van der Waals surface area contributed by atoms with Gasteiger partial charge in [-0.25, -0.2) is 0 Å². The Labute approximate surface area is 103 Å². The van der Waals surface area contributed by atoms with Gasteiger partial charge in [0.05, 0.1) is 25.7 Å². The summed E-state index contributed by atoms with van der Waals surface area (Å²) < 4.78 is 5.08. The van der Waals surface area contributed by atoms with Crippen molar-refractivity contribution in [1.29, 1.82) is 0 Å². The molecule has 1 amide bonds. The van der Waals surface area contributed by atoms with E-state index < -0.39 is 6.04 Å². The van der Waals surface area contributed by atoms with Crippen LogP contribution in [0.5, 0.6) is 0 Å². The normalized spacial score (nSPS) is 11.1. The van der Waals surface area contributed by atoms with Crippen molar-refractivity contribution in [2.45, 2.75) is 12.5 Å². The first kappa shape index (κ1) is 12.5. The van der Waals surface area contributed by atoms with Gasteiger partial charge in [0.25, 0.3) is 0 Å². The summed E-state index contributed by atoms with van der Waals surface area (Å²) in [6.45, 7) is -0.608. The predicted octanol–water partition coefficient (Wildman–Crippen LogP) is -0.160. The molecule has 18 heavy (non-hydrogen) atoms. The molecule has 1 heterocycles. The molecule has 96 valence electrons. The molecular weight excluding hydrogens is 236 g/mol. The van der Waals surface area contributed by atoms with Crippen LogP contribution < -0.4 is 5.32 Å². The SMILES string of the molecule is O=C(Cc1noc2ccccc12)NC(CO)CO. The van der Waals surface area contributed by atoms with E-state index in [-0.39, 0.29) is 25.5 Å². The van der Waals surface area contributed by atoms with Gasteiger partial charge in [-0.15, -0.1) is 0 Å². The maximum Gasteiger partial charge on any atom is 0.226 e. The molecule has 1 aromatic carbocycles. The van der Waals surface area contributed by atoms with Gasteiger partial charge in [0.2, 0.25) is 5.91 Å². The van der Waals surface area contributed by atoms with Gasteiger partial charge in [0, 0.05) is 5.39 Å². The van der Waals surface area contributed by atoms with Crippen LogP contribution in [0, 0.1) is 0 Å². The van der Waals surface area contributed by atoms with E-state index in [4.69, 9.17) is 14.7 Å². The molecule has 0 radical (unpaired) electrons. The predicted molar refractivity (Wildman–Crippen MR) is 63.8 cm³/mol. The number of hydrogen-bond acceptors (Lipinski definition) is 5. The Hall–Kier alpha value is -1.92. The van der Waals surface area contributed by atoms with Gasteiger partial charge in [-0.2, -0.15) is 0 Å². The van der Waals surface area contributed by atoms with E-state index in [9.17, 15) is 4.79 Å². The van der Waals surface area contributed by atoms with E-state index in [1.54, 1.807) is 6.07 Å². The number of nitrogens with one attached hydrogen (secondary N) is 1. The van der Waals surface area contributed by atoms with Crippen molar-refractivity contribution < 1.29 is 19.5 Å². The smallest absolute Gasteiger partial charge is 0.226 e. The Bertz CT molecular complexity index is 534. The highest BCUT2D eigenvalue weighted by Crippen LogP contribution is 2.17. The minimum atomic E-state index is -0.643. The van der Waals surface area contributed by atoms with E-state index in [0.717, 1.165) is 5.39 Å². The zero-order valence-electron chi connectivity index (χ0n) is 9.67. The van der Waals surface area contributed by atoms with Gasteiger partial charge < -0.3 is 20.1 Å². The van der Waals surface area contributed by atoms with Crippen LogP contribution in [0.3, 0.4) is 0 Å². The molecule has 0 aliphatic heterocycles. The van der Waals surface area contributed by atoms with Crippen LogP contribution in [0.25, 0.3) is 11.0 Å². The molecule has 0 unspecified atom stereocenters. The molecule has 2 rings (SSSR count). The number of fused-ring (bicyclic) bond motifs is 1.